The molecule has 0 fully saturated rings. The molecule has 0 saturated carbocycles. The van der Waals surface area contributed by atoms with Crippen molar-refractivity contribution in [2.24, 2.45) is 0 Å². The Morgan fingerprint density at radius 3 is 2.52 bits per heavy atom. The minimum absolute atomic E-state index is 0.205. The highest BCUT2D eigenvalue weighted by Crippen LogP contribution is 2.36. The fourth-order valence-corrected chi connectivity index (χ4v) is 2.74. The average Bonchev–Trinajstić information content (AvgIpc) is 2.71. The zero-order valence-corrected chi connectivity index (χ0v) is 16.8. The Balaban J connectivity index is 2.10. The quantitative estimate of drug-likeness (QED) is 0.577. The van der Waals surface area contributed by atoms with E-state index in [4.69, 9.17) is 18.9 Å². The summed E-state index contributed by atoms with van der Waals surface area (Å²) in [7, 11) is 1.60. The fourth-order valence-electron chi connectivity index (χ4n) is 2.74. The summed E-state index contributed by atoms with van der Waals surface area (Å²) in [4.78, 5) is 20.7. The van der Waals surface area contributed by atoms with Crippen molar-refractivity contribution in [3.05, 3.63) is 42.2 Å². The van der Waals surface area contributed by atoms with Gasteiger partial charge in [-0.1, -0.05) is 0 Å². The molecule has 0 aliphatic heterocycles. The van der Waals surface area contributed by atoms with Gasteiger partial charge in [-0.15, -0.1) is 0 Å². The Hall–Kier alpha value is -3.55. The summed E-state index contributed by atoms with van der Waals surface area (Å²) < 4.78 is 21.1. The monoisotopic (exact) mass is 397 g/mol. The maximum Gasteiger partial charge on any atom is 0.513 e. The van der Waals surface area contributed by atoms with Crippen molar-refractivity contribution in [2.75, 3.05) is 25.6 Å². The van der Waals surface area contributed by atoms with Gasteiger partial charge in [0.1, 0.15) is 11.5 Å². The summed E-state index contributed by atoms with van der Waals surface area (Å²) in [6.45, 7) is 6.17. The maximum absolute atomic E-state index is 11.9. The van der Waals surface area contributed by atoms with Crippen molar-refractivity contribution >= 4 is 28.6 Å². The molecule has 8 heteroatoms. The van der Waals surface area contributed by atoms with Gasteiger partial charge in [0.25, 0.3) is 0 Å². The highest BCUT2D eigenvalue weighted by molar-refractivity contribution is 5.96. The first-order valence-corrected chi connectivity index (χ1v) is 9.24. The maximum atomic E-state index is 11.9. The van der Waals surface area contributed by atoms with E-state index in [1.807, 2.05) is 44.2 Å². The van der Waals surface area contributed by atoms with Crippen LogP contribution < -0.4 is 19.5 Å². The second-order valence-corrected chi connectivity index (χ2v) is 6.01. The zero-order valence-electron chi connectivity index (χ0n) is 16.8. The van der Waals surface area contributed by atoms with Crippen LogP contribution in [0.25, 0.3) is 11.0 Å². The molecule has 152 valence electrons. The molecule has 2 aromatic heterocycles. The lowest BCUT2D eigenvalue weighted by Gasteiger charge is -2.16. The predicted molar refractivity (Wildman–Crippen MR) is 109 cm³/mol. The molecule has 0 saturated heterocycles. The number of aromatic nitrogens is 2. The SMILES string of the molecule is CCOC(=O)Oc1cnc2nc(C)c(OCC)cc2c1Nc1ccc(OC)cc1. The number of carbonyl (C=O) groups is 1. The summed E-state index contributed by atoms with van der Waals surface area (Å²) in [6, 6.07) is 9.18. The first kappa shape index (κ1) is 20.2. The molecular weight excluding hydrogens is 374 g/mol. The molecule has 1 aromatic carbocycles. The number of aryl methyl sites for hydroxylation is 1. The van der Waals surface area contributed by atoms with E-state index < -0.39 is 6.16 Å². The van der Waals surface area contributed by atoms with Crippen LogP contribution in [0.2, 0.25) is 0 Å². The Morgan fingerprint density at radius 1 is 1.10 bits per heavy atom. The van der Waals surface area contributed by atoms with Gasteiger partial charge in [0.2, 0.25) is 0 Å². The molecule has 0 unspecified atom stereocenters. The minimum atomic E-state index is -0.809. The Kier molecular flexibility index (Phi) is 6.33. The van der Waals surface area contributed by atoms with Gasteiger partial charge < -0.3 is 24.3 Å². The molecule has 0 bridgehead atoms. The van der Waals surface area contributed by atoms with Crippen molar-refractivity contribution in [3.8, 4) is 17.2 Å². The van der Waals surface area contributed by atoms with Crippen LogP contribution in [0.4, 0.5) is 16.2 Å². The number of nitrogens with zero attached hydrogens (tertiary/aromatic N) is 2. The van der Waals surface area contributed by atoms with Crippen molar-refractivity contribution in [3.63, 3.8) is 0 Å². The summed E-state index contributed by atoms with van der Waals surface area (Å²) in [6.07, 6.45) is 0.634. The van der Waals surface area contributed by atoms with Gasteiger partial charge in [0, 0.05) is 5.69 Å². The number of carbonyl (C=O) groups excluding carboxylic acids is 1. The van der Waals surface area contributed by atoms with Crippen molar-refractivity contribution < 1.29 is 23.7 Å². The lowest BCUT2D eigenvalue weighted by molar-refractivity contribution is 0.104. The lowest BCUT2D eigenvalue weighted by atomic mass is 10.2. The van der Waals surface area contributed by atoms with Gasteiger partial charge in [0.15, 0.2) is 11.4 Å². The van der Waals surface area contributed by atoms with Gasteiger partial charge >= 0.3 is 6.16 Å². The first-order chi connectivity index (χ1) is 14.0. The number of anilines is 2. The molecule has 29 heavy (non-hydrogen) atoms. The van der Waals surface area contributed by atoms with Crippen LogP contribution in [0.3, 0.4) is 0 Å². The van der Waals surface area contributed by atoms with Gasteiger partial charge in [-0.2, -0.15) is 0 Å². The van der Waals surface area contributed by atoms with E-state index >= 15 is 0 Å². The molecule has 8 nitrogen and oxygen atoms in total. The molecule has 3 aromatic rings. The van der Waals surface area contributed by atoms with Crippen LogP contribution >= 0.6 is 0 Å². The second kappa shape index (κ2) is 9.09. The number of pyridine rings is 2. The summed E-state index contributed by atoms with van der Waals surface area (Å²) in [5.41, 5.74) is 2.52. The molecule has 1 N–H and O–H groups in total. The number of ether oxygens (including phenoxy) is 4. The first-order valence-electron chi connectivity index (χ1n) is 9.24. The van der Waals surface area contributed by atoms with E-state index in [2.05, 4.69) is 15.3 Å². The number of hydrogen-bond donors (Lipinski definition) is 1. The topological polar surface area (TPSA) is 91.8 Å². The summed E-state index contributed by atoms with van der Waals surface area (Å²) in [5.74, 6) is 1.58. The molecule has 3 rings (SSSR count). The minimum Gasteiger partial charge on any atom is -0.497 e. The third-order valence-corrected chi connectivity index (χ3v) is 4.08. The third-order valence-electron chi connectivity index (χ3n) is 4.08. The average molecular weight is 397 g/mol. The van der Waals surface area contributed by atoms with Gasteiger partial charge in [-0.05, 0) is 51.1 Å². The number of methoxy groups -OCH3 is 1. The Labute approximate surface area is 168 Å². The Morgan fingerprint density at radius 2 is 1.86 bits per heavy atom. The number of rotatable bonds is 7. The smallest absolute Gasteiger partial charge is 0.497 e. The van der Waals surface area contributed by atoms with Crippen molar-refractivity contribution in [1.29, 1.82) is 0 Å². The summed E-state index contributed by atoms with van der Waals surface area (Å²) in [5, 5.41) is 3.93. The van der Waals surface area contributed by atoms with Crippen LogP contribution in [0.1, 0.15) is 19.5 Å². The molecule has 0 aliphatic rings. The van der Waals surface area contributed by atoms with E-state index in [9.17, 15) is 4.79 Å². The molecular formula is C21H23N3O5. The predicted octanol–water partition coefficient (Wildman–Crippen LogP) is 4.62. The van der Waals surface area contributed by atoms with Crippen molar-refractivity contribution in [1.82, 2.24) is 9.97 Å². The molecule has 0 amide bonds. The highest BCUT2D eigenvalue weighted by atomic mass is 16.7. The lowest BCUT2D eigenvalue weighted by Crippen LogP contribution is -2.12. The molecule has 2 heterocycles. The van der Waals surface area contributed by atoms with E-state index in [-0.39, 0.29) is 12.4 Å². The van der Waals surface area contributed by atoms with Crippen LogP contribution in [0.15, 0.2) is 36.5 Å². The zero-order chi connectivity index (χ0) is 20.8. The van der Waals surface area contributed by atoms with Gasteiger partial charge in [-0.3, -0.25) is 0 Å². The normalized spacial score (nSPS) is 10.5. The van der Waals surface area contributed by atoms with Gasteiger partial charge in [-0.25, -0.2) is 14.8 Å². The van der Waals surface area contributed by atoms with E-state index in [0.29, 0.717) is 29.1 Å². The molecule has 0 atom stereocenters. The standard InChI is InChI=1S/C21H23N3O5/c1-5-27-17-11-16-19(24-14-7-9-15(26-4)10-8-14)18(29-21(25)28-6-2)12-22-20(16)23-13(17)3/h7-12H,5-6H2,1-4H3,(H,22,23,24). The molecule has 0 radical (unpaired) electrons. The number of benzene rings is 1. The number of fused-ring (bicyclic) bond motifs is 1. The highest BCUT2D eigenvalue weighted by Gasteiger charge is 2.17. The second-order valence-electron chi connectivity index (χ2n) is 6.01. The summed E-state index contributed by atoms with van der Waals surface area (Å²) >= 11 is 0. The fraction of sp³-hybridized carbons (Fsp3) is 0.286. The largest absolute Gasteiger partial charge is 0.513 e. The van der Waals surface area contributed by atoms with Crippen molar-refractivity contribution in [2.45, 2.75) is 20.8 Å². The molecule has 0 aliphatic carbocycles. The van der Waals surface area contributed by atoms with E-state index in [1.165, 1.54) is 6.20 Å². The number of hydrogen-bond acceptors (Lipinski definition) is 8. The van der Waals surface area contributed by atoms with Gasteiger partial charge in [0.05, 0.1) is 43.3 Å². The third kappa shape index (κ3) is 4.66. The van der Waals surface area contributed by atoms with Crippen LogP contribution in [-0.2, 0) is 4.74 Å². The van der Waals surface area contributed by atoms with E-state index in [1.54, 1.807) is 14.0 Å². The Bertz CT molecular complexity index is 1010. The van der Waals surface area contributed by atoms with E-state index in [0.717, 1.165) is 17.1 Å². The van der Waals surface area contributed by atoms with Crippen LogP contribution in [0, 0.1) is 6.92 Å². The van der Waals surface area contributed by atoms with Crippen LogP contribution in [0.5, 0.6) is 17.2 Å². The van der Waals surface area contributed by atoms with Crippen LogP contribution in [-0.4, -0.2) is 36.4 Å². The number of nitrogens with one attached hydrogen (secondary N) is 1. The molecule has 0 spiro atoms.